The molecule has 0 fully saturated rings. The van der Waals surface area contributed by atoms with E-state index in [1.165, 1.54) is 19.2 Å². The Labute approximate surface area is 125 Å². The third-order valence-corrected chi connectivity index (χ3v) is 3.17. The van der Waals surface area contributed by atoms with E-state index in [-0.39, 0.29) is 11.3 Å². The van der Waals surface area contributed by atoms with Gasteiger partial charge in [-0.05, 0) is 30.3 Å². The number of nitrogens with zero attached hydrogens (tertiary/aromatic N) is 1. The maximum Gasteiger partial charge on any atom is 0.255 e. The van der Waals surface area contributed by atoms with Gasteiger partial charge < -0.3 is 14.5 Å². The van der Waals surface area contributed by atoms with E-state index in [9.17, 15) is 9.18 Å². The van der Waals surface area contributed by atoms with Crippen LogP contribution in [0, 0.1) is 12.7 Å². The predicted octanol–water partition coefficient (Wildman–Crippen LogP) is 3.54. The number of methoxy groups -OCH3 is 1. The summed E-state index contributed by atoms with van der Waals surface area (Å²) in [6.45, 7) is 1.75. The Balaban J connectivity index is 1.84. The quantitative estimate of drug-likeness (QED) is 0.803. The molecule has 0 spiro atoms. The van der Waals surface area contributed by atoms with Crippen LogP contribution in [0.3, 0.4) is 0 Å². The molecule has 2 aromatic carbocycles. The summed E-state index contributed by atoms with van der Waals surface area (Å²) in [5.74, 6) is -0.362. The first-order valence-corrected chi connectivity index (χ1v) is 6.59. The number of carbonyl (C=O) groups excluding carboxylic acids is 1. The minimum atomic E-state index is -0.587. The number of aromatic nitrogens is 1. The predicted molar refractivity (Wildman–Crippen MR) is 79.7 cm³/mol. The molecule has 3 rings (SSSR count). The van der Waals surface area contributed by atoms with Gasteiger partial charge in [-0.25, -0.2) is 9.37 Å². The average Bonchev–Trinajstić information content (AvgIpc) is 2.86. The number of ether oxygens (including phenoxy) is 1. The summed E-state index contributed by atoms with van der Waals surface area (Å²) in [6, 6.07) is 9.16. The number of oxazole rings is 1. The van der Waals surface area contributed by atoms with Gasteiger partial charge in [0.05, 0.1) is 7.11 Å². The summed E-state index contributed by atoms with van der Waals surface area (Å²) >= 11 is 0. The first-order valence-electron chi connectivity index (χ1n) is 6.59. The highest BCUT2D eigenvalue weighted by molar-refractivity contribution is 6.05. The monoisotopic (exact) mass is 300 g/mol. The number of halogens is 1. The van der Waals surface area contributed by atoms with Crippen molar-refractivity contribution >= 4 is 22.7 Å². The van der Waals surface area contributed by atoms with Crippen molar-refractivity contribution < 1.29 is 18.3 Å². The van der Waals surface area contributed by atoms with Crippen LogP contribution >= 0.6 is 0 Å². The molecule has 1 N–H and O–H groups in total. The van der Waals surface area contributed by atoms with Crippen molar-refractivity contribution in [2.75, 3.05) is 12.4 Å². The van der Waals surface area contributed by atoms with Gasteiger partial charge in [-0.2, -0.15) is 0 Å². The number of hydrogen-bond acceptors (Lipinski definition) is 4. The van der Waals surface area contributed by atoms with E-state index in [0.717, 1.165) is 6.07 Å². The van der Waals surface area contributed by atoms with Crippen molar-refractivity contribution in [3.8, 4) is 5.75 Å². The van der Waals surface area contributed by atoms with E-state index in [4.69, 9.17) is 9.15 Å². The van der Waals surface area contributed by atoms with Crippen LogP contribution < -0.4 is 10.1 Å². The minimum absolute atomic E-state index is 0.0927. The van der Waals surface area contributed by atoms with Gasteiger partial charge >= 0.3 is 0 Å². The van der Waals surface area contributed by atoms with E-state index in [1.54, 1.807) is 25.1 Å². The van der Waals surface area contributed by atoms with Gasteiger partial charge in [0.25, 0.3) is 5.91 Å². The molecule has 1 amide bonds. The second kappa shape index (κ2) is 5.48. The second-order valence-electron chi connectivity index (χ2n) is 4.72. The Morgan fingerprint density at radius 2 is 2.09 bits per heavy atom. The zero-order valence-electron chi connectivity index (χ0n) is 12.0. The molecule has 0 aliphatic carbocycles. The zero-order valence-corrected chi connectivity index (χ0v) is 12.0. The van der Waals surface area contributed by atoms with Crippen molar-refractivity contribution in [2.45, 2.75) is 6.92 Å². The number of carbonyl (C=O) groups is 1. The zero-order chi connectivity index (χ0) is 15.7. The van der Waals surface area contributed by atoms with E-state index < -0.39 is 11.7 Å². The Morgan fingerprint density at radius 1 is 1.27 bits per heavy atom. The van der Waals surface area contributed by atoms with Crippen molar-refractivity contribution in [3.05, 3.63) is 53.7 Å². The lowest BCUT2D eigenvalue weighted by Crippen LogP contribution is -2.12. The average molecular weight is 300 g/mol. The Morgan fingerprint density at radius 3 is 2.82 bits per heavy atom. The molecule has 0 atom stereocenters. The number of anilines is 1. The van der Waals surface area contributed by atoms with Crippen LogP contribution in [0.4, 0.5) is 10.1 Å². The minimum Gasteiger partial charge on any atom is -0.494 e. The number of nitrogens with one attached hydrogen (secondary N) is 1. The normalized spacial score (nSPS) is 10.7. The highest BCUT2D eigenvalue weighted by Crippen LogP contribution is 2.22. The Bertz CT molecular complexity index is 858. The highest BCUT2D eigenvalue weighted by Gasteiger charge is 2.11. The molecule has 0 unspecified atom stereocenters. The van der Waals surface area contributed by atoms with Crippen LogP contribution in [0.1, 0.15) is 16.2 Å². The number of rotatable bonds is 3. The summed E-state index contributed by atoms with van der Waals surface area (Å²) in [5, 5.41) is 2.69. The molecule has 0 radical (unpaired) electrons. The van der Waals surface area contributed by atoms with Gasteiger partial charge in [0, 0.05) is 24.2 Å². The molecule has 3 aromatic rings. The molecule has 112 valence electrons. The molecule has 22 heavy (non-hydrogen) atoms. The molecule has 0 saturated carbocycles. The summed E-state index contributed by atoms with van der Waals surface area (Å²) in [4.78, 5) is 16.3. The molecule has 1 heterocycles. The van der Waals surface area contributed by atoms with Gasteiger partial charge in [0.15, 0.2) is 23.0 Å². The lowest BCUT2D eigenvalue weighted by atomic mass is 10.2. The van der Waals surface area contributed by atoms with Crippen LogP contribution in [0.25, 0.3) is 11.1 Å². The standard InChI is InChI=1S/C16H13FN2O3/c1-9-18-13-5-4-11(8-15(13)22-9)19-16(20)10-3-6-14(21-2)12(17)7-10/h3-8H,1-2H3,(H,19,20). The number of amides is 1. The van der Waals surface area contributed by atoms with Crippen LogP contribution in [0.15, 0.2) is 40.8 Å². The molecular formula is C16H13FN2O3. The first kappa shape index (κ1) is 14.1. The first-order chi connectivity index (χ1) is 10.6. The smallest absolute Gasteiger partial charge is 0.255 e. The van der Waals surface area contributed by atoms with Gasteiger partial charge in [0.2, 0.25) is 0 Å². The molecule has 0 aliphatic heterocycles. The fraction of sp³-hybridized carbons (Fsp3) is 0.125. The van der Waals surface area contributed by atoms with Crippen molar-refractivity contribution in [3.63, 3.8) is 0 Å². The highest BCUT2D eigenvalue weighted by atomic mass is 19.1. The molecule has 5 nitrogen and oxygen atoms in total. The Kier molecular flexibility index (Phi) is 3.50. The topological polar surface area (TPSA) is 64.4 Å². The summed E-state index contributed by atoms with van der Waals surface area (Å²) in [5.41, 5.74) is 2.04. The molecule has 0 bridgehead atoms. The van der Waals surface area contributed by atoms with Gasteiger partial charge in [-0.15, -0.1) is 0 Å². The molecule has 0 aliphatic rings. The third kappa shape index (κ3) is 2.63. The fourth-order valence-electron chi connectivity index (χ4n) is 2.13. The van der Waals surface area contributed by atoms with Gasteiger partial charge in [0.1, 0.15) is 5.52 Å². The third-order valence-electron chi connectivity index (χ3n) is 3.17. The van der Waals surface area contributed by atoms with E-state index >= 15 is 0 Å². The lowest BCUT2D eigenvalue weighted by Gasteiger charge is -2.07. The Hall–Kier alpha value is -2.89. The molecule has 6 heteroatoms. The maximum atomic E-state index is 13.6. The van der Waals surface area contributed by atoms with Crippen LogP contribution in [0.5, 0.6) is 5.75 Å². The summed E-state index contributed by atoms with van der Waals surface area (Å²) < 4.78 is 23.9. The van der Waals surface area contributed by atoms with Gasteiger partial charge in [-0.1, -0.05) is 0 Å². The SMILES string of the molecule is COc1ccc(C(=O)Nc2ccc3nc(C)oc3c2)cc1F. The van der Waals surface area contributed by atoms with Gasteiger partial charge in [-0.3, -0.25) is 4.79 Å². The number of benzene rings is 2. The molecule has 0 saturated heterocycles. The molecule has 1 aromatic heterocycles. The van der Waals surface area contributed by atoms with E-state index in [0.29, 0.717) is 22.7 Å². The van der Waals surface area contributed by atoms with Crippen molar-refractivity contribution in [2.24, 2.45) is 0 Å². The number of aryl methyl sites for hydroxylation is 1. The second-order valence-corrected chi connectivity index (χ2v) is 4.72. The summed E-state index contributed by atoms with van der Waals surface area (Å²) in [7, 11) is 1.37. The molecular weight excluding hydrogens is 287 g/mol. The number of fused-ring (bicyclic) bond motifs is 1. The lowest BCUT2D eigenvalue weighted by molar-refractivity contribution is 0.102. The van der Waals surface area contributed by atoms with E-state index in [2.05, 4.69) is 10.3 Å². The summed E-state index contributed by atoms with van der Waals surface area (Å²) in [6.07, 6.45) is 0. The van der Waals surface area contributed by atoms with E-state index in [1.807, 2.05) is 0 Å². The van der Waals surface area contributed by atoms with Crippen LogP contribution in [-0.4, -0.2) is 18.0 Å². The van der Waals surface area contributed by atoms with Crippen LogP contribution in [-0.2, 0) is 0 Å². The van der Waals surface area contributed by atoms with Crippen molar-refractivity contribution in [1.29, 1.82) is 0 Å². The largest absolute Gasteiger partial charge is 0.494 e. The fourth-order valence-corrected chi connectivity index (χ4v) is 2.13. The maximum absolute atomic E-state index is 13.6. The number of hydrogen-bond donors (Lipinski definition) is 1. The van der Waals surface area contributed by atoms with Crippen LogP contribution in [0.2, 0.25) is 0 Å². The van der Waals surface area contributed by atoms with Crippen molar-refractivity contribution in [1.82, 2.24) is 4.98 Å².